The van der Waals surface area contributed by atoms with E-state index in [0.717, 1.165) is 10.3 Å². The Hall–Kier alpha value is -2.67. The molecule has 1 aromatic heterocycles. The number of aliphatic hydroxyl groups is 1. The molecule has 7 nitrogen and oxygen atoms in total. The molecule has 2 N–H and O–H groups in total. The minimum absolute atomic E-state index is 0.164. The van der Waals surface area contributed by atoms with Crippen molar-refractivity contribution < 1.29 is 23.9 Å². The highest BCUT2D eigenvalue weighted by Gasteiger charge is 2.30. The van der Waals surface area contributed by atoms with E-state index in [1.807, 2.05) is 24.3 Å². The Kier molecular flexibility index (Phi) is 4.61. The van der Waals surface area contributed by atoms with Gasteiger partial charge in [0.25, 0.3) is 0 Å². The van der Waals surface area contributed by atoms with Crippen LogP contribution in [0, 0.1) is 0 Å². The van der Waals surface area contributed by atoms with Crippen LogP contribution in [0.5, 0.6) is 0 Å². The lowest BCUT2D eigenvalue weighted by Crippen LogP contribution is -2.40. The predicted molar refractivity (Wildman–Crippen MR) is 84.8 cm³/mol. The van der Waals surface area contributed by atoms with Crippen LogP contribution in [-0.4, -0.2) is 40.8 Å². The molecule has 1 aliphatic rings. The Morgan fingerprint density at radius 1 is 1.25 bits per heavy atom. The summed E-state index contributed by atoms with van der Waals surface area (Å²) in [5.41, 5.74) is 0.696. The number of carbonyl (C=O) groups excluding carboxylic acids is 3. The third kappa shape index (κ3) is 3.46. The van der Waals surface area contributed by atoms with Gasteiger partial charge in [-0.15, -0.1) is 0 Å². The zero-order valence-electron chi connectivity index (χ0n) is 13.0. The van der Waals surface area contributed by atoms with Crippen molar-refractivity contribution in [3.05, 3.63) is 36.1 Å². The van der Waals surface area contributed by atoms with Gasteiger partial charge in [-0.05, 0) is 18.6 Å². The molecule has 0 aliphatic carbocycles. The second kappa shape index (κ2) is 6.84. The first-order chi connectivity index (χ1) is 11.5. The molecule has 0 saturated carbocycles. The van der Waals surface area contributed by atoms with E-state index in [1.165, 1.54) is 0 Å². The minimum atomic E-state index is -0.840. The van der Waals surface area contributed by atoms with E-state index in [9.17, 15) is 19.5 Å². The lowest BCUT2D eigenvalue weighted by molar-refractivity contribution is -0.142. The number of hydrogen-bond donors (Lipinski definition) is 2. The zero-order chi connectivity index (χ0) is 17.1. The van der Waals surface area contributed by atoms with Gasteiger partial charge in [-0.25, -0.2) is 0 Å². The maximum Gasteiger partial charge on any atom is 0.240 e. The number of carbonyl (C=O) groups is 3. The number of imide groups is 1. The van der Waals surface area contributed by atoms with E-state index >= 15 is 0 Å². The Balaban J connectivity index is 1.48. The zero-order valence-corrected chi connectivity index (χ0v) is 13.0. The van der Waals surface area contributed by atoms with Crippen LogP contribution in [0.15, 0.2) is 34.7 Å². The van der Waals surface area contributed by atoms with Gasteiger partial charge in [0, 0.05) is 24.8 Å². The third-order valence-corrected chi connectivity index (χ3v) is 3.97. The van der Waals surface area contributed by atoms with Crippen molar-refractivity contribution in [1.29, 1.82) is 0 Å². The number of benzene rings is 1. The van der Waals surface area contributed by atoms with Crippen molar-refractivity contribution >= 4 is 28.7 Å². The van der Waals surface area contributed by atoms with Crippen LogP contribution in [0.25, 0.3) is 11.0 Å². The smallest absolute Gasteiger partial charge is 0.240 e. The van der Waals surface area contributed by atoms with Crippen LogP contribution in [0.4, 0.5) is 0 Å². The van der Waals surface area contributed by atoms with Gasteiger partial charge >= 0.3 is 0 Å². The van der Waals surface area contributed by atoms with Crippen molar-refractivity contribution in [3.8, 4) is 0 Å². The molecule has 0 unspecified atom stereocenters. The second-order valence-corrected chi connectivity index (χ2v) is 5.71. The number of likely N-dealkylation sites (tertiary alicyclic amines) is 1. The first-order valence-corrected chi connectivity index (χ1v) is 7.81. The largest absolute Gasteiger partial charge is 0.458 e. The molecule has 0 radical (unpaired) electrons. The predicted octanol–water partition coefficient (Wildman–Crippen LogP) is 1.12. The van der Waals surface area contributed by atoms with Crippen LogP contribution < -0.4 is 5.32 Å². The molecule has 1 atom stereocenters. The molecule has 3 amide bonds. The molecule has 3 rings (SSSR count). The highest BCUT2D eigenvalue weighted by atomic mass is 16.4. The summed E-state index contributed by atoms with van der Waals surface area (Å²) in [4.78, 5) is 35.6. The summed E-state index contributed by atoms with van der Waals surface area (Å²) in [5, 5.41) is 13.6. The normalized spacial score (nSPS) is 16.0. The molecule has 7 heteroatoms. The summed E-state index contributed by atoms with van der Waals surface area (Å²) < 4.78 is 5.56. The first-order valence-electron chi connectivity index (χ1n) is 7.81. The van der Waals surface area contributed by atoms with Gasteiger partial charge in [0.2, 0.25) is 17.7 Å². The molecule has 0 spiro atoms. The highest BCUT2D eigenvalue weighted by molar-refractivity contribution is 6.04. The van der Waals surface area contributed by atoms with Crippen molar-refractivity contribution in [3.63, 3.8) is 0 Å². The number of amides is 3. The molecule has 2 aromatic rings. The molecule has 24 heavy (non-hydrogen) atoms. The van der Waals surface area contributed by atoms with Crippen LogP contribution in [0.2, 0.25) is 0 Å². The van der Waals surface area contributed by atoms with Gasteiger partial charge in [-0.1, -0.05) is 18.2 Å². The van der Waals surface area contributed by atoms with Gasteiger partial charge in [0.1, 0.15) is 24.0 Å². The molecule has 1 fully saturated rings. The fourth-order valence-corrected chi connectivity index (χ4v) is 2.66. The number of hydrogen-bond acceptors (Lipinski definition) is 5. The molecule has 126 valence electrons. The van der Waals surface area contributed by atoms with Crippen molar-refractivity contribution in [2.45, 2.75) is 25.4 Å². The second-order valence-electron chi connectivity index (χ2n) is 5.71. The number of fused-ring (bicyclic) bond motifs is 1. The number of para-hydroxylation sites is 1. The van der Waals surface area contributed by atoms with Crippen molar-refractivity contribution in [2.75, 3.05) is 13.1 Å². The van der Waals surface area contributed by atoms with Gasteiger partial charge < -0.3 is 14.8 Å². The summed E-state index contributed by atoms with van der Waals surface area (Å²) in [6.45, 7) is -0.0499. The SMILES string of the molecule is O=C(CN1C(=O)CCC1=O)NCC[C@@H](O)c1cc2ccccc2o1. The molecular weight excluding hydrogens is 312 g/mol. The van der Waals surface area contributed by atoms with E-state index in [-0.39, 0.29) is 44.2 Å². The topological polar surface area (TPSA) is 99.9 Å². The van der Waals surface area contributed by atoms with E-state index < -0.39 is 12.0 Å². The van der Waals surface area contributed by atoms with Gasteiger partial charge in [0.15, 0.2) is 0 Å². The summed E-state index contributed by atoms with van der Waals surface area (Å²) in [5.74, 6) is -0.624. The van der Waals surface area contributed by atoms with Crippen LogP contribution in [0.1, 0.15) is 31.1 Å². The van der Waals surface area contributed by atoms with E-state index in [1.54, 1.807) is 6.07 Å². The molecule has 1 aliphatic heterocycles. The highest BCUT2D eigenvalue weighted by Crippen LogP contribution is 2.25. The number of nitrogens with zero attached hydrogens (tertiary/aromatic N) is 1. The maximum absolute atomic E-state index is 11.8. The Bertz CT molecular complexity index is 733. The lowest BCUT2D eigenvalue weighted by Gasteiger charge is -2.14. The van der Waals surface area contributed by atoms with Gasteiger partial charge in [-0.2, -0.15) is 0 Å². The quantitative estimate of drug-likeness (QED) is 0.773. The first kappa shape index (κ1) is 16.2. The van der Waals surface area contributed by atoms with E-state index in [0.29, 0.717) is 11.3 Å². The number of furan rings is 1. The fourth-order valence-electron chi connectivity index (χ4n) is 2.66. The monoisotopic (exact) mass is 330 g/mol. The third-order valence-electron chi connectivity index (χ3n) is 3.97. The van der Waals surface area contributed by atoms with Crippen LogP contribution >= 0.6 is 0 Å². The van der Waals surface area contributed by atoms with E-state index in [2.05, 4.69) is 5.32 Å². The lowest BCUT2D eigenvalue weighted by atomic mass is 10.2. The minimum Gasteiger partial charge on any atom is -0.458 e. The Morgan fingerprint density at radius 2 is 1.96 bits per heavy atom. The van der Waals surface area contributed by atoms with Crippen LogP contribution in [0.3, 0.4) is 0 Å². The molecule has 1 saturated heterocycles. The fraction of sp³-hybridized carbons (Fsp3) is 0.353. The van der Waals surface area contributed by atoms with Crippen LogP contribution in [-0.2, 0) is 14.4 Å². The van der Waals surface area contributed by atoms with Crippen molar-refractivity contribution in [1.82, 2.24) is 10.2 Å². The Labute approximate surface area is 138 Å². The van der Waals surface area contributed by atoms with Crippen molar-refractivity contribution in [2.24, 2.45) is 0 Å². The number of rotatable bonds is 6. The van der Waals surface area contributed by atoms with Gasteiger partial charge in [0.05, 0.1) is 0 Å². The average molecular weight is 330 g/mol. The molecule has 0 bridgehead atoms. The number of aliphatic hydroxyl groups excluding tert-OH is 1. The number of nitrogens with one attached hydrogen (secondary N) is 1. The molecule has 1 aromatic carbocycles. The summed E-state index contributed by atoms with van der Waals surface area (Å²) in [6.07, 6.45) is -0.242. The molecular formula is C17H18N2O5. The maximum atomic E-state index is 11.8. The van der Waals surface area contributed by atoms with Gasteiger partial charge in [-0.3, -0.25) is 19.3 Å². The molecule has 2 heterocycles. The average Bonchev–Trinajstić information content (AvgIpc) is 3.13. The summed E-state index contributed by atoms with van der Waals surface area (Å²) in [6, 6.07) is 9.21. The van der Waals surface area contributed by atoms with E-state index in [4.69, 9.17) is 4.42 Å². The standard InChI is InChI=1S/C17H18N2O5/c20-12(14-9-11-3-1-2-4-13(11)24-14)7-8-18-15(21)10-19-16(22)5-6-17(19)23/h1-4,9,12,20H,5-8,10H2,(H,18,21)/t12-/m1/s1. The summed E-state index contributed by atoms with van der Waals surface area (Å²) in [7, 11) is 0. The summed E-state index contributed by atoms with van der Waals surface area (Å²) >= 11 is 0. The Morgan fingerprint density at radius 3 is 2.67 bits per heavy atom.